The number of nitrogens with zero attached hydrogens (tertiary/aromatic N) is 5. The lowest BCUT2D eigenvalue weighted by molar-refractivity contribution is 0.0240. The summed E-state index contributed by atoms with van der Waals surface area (Å²) in [4.78, 5) is 42.4. The van der Waals surface area contributed by atoms with Crippen LogP contribution in [0.3, 0.4) is 0 Å². The second-order valence-electron chi connectivity index (χ2n) is 9.47. The summed E-state index contributed by atoms with van der Waals surface area (Å²) < 4.78 is 5.50. The number of anilines is 1. The molecule has 1 fully saturated rings. The predicted molar refractivity (Wildman–Crippen MR) is 145 cm³/mol. The van der Waals surface area contributed by atoms with Crippen molar-refractivity contribution in [3.8, 4) is 11.3 Å². The molecule has 0 bridgehead atoms. The fraction of sp³-hybridized carbons (Fsp3) is 0.423. The number of carbonyl (C=O) groups is 2. The normalized spacial score (nSPS) is 14.6. The first-order valence-corrected chi connectivity index (χ1v) is 12.3. The Labute approximate surface area is 217 Å². The molecule has 0 spiro atoms. The Balaban J connectivity index is 1.89. The van der Waals surface area contributed by atoms with Crippen LogP contribution in [0.25, 0.3) is 11.3 Å². The number of amidine groups is 1. The highest BCUT2D eigenvalue weighted by molar-refractivity contribution is 5.96. The van der Waals surface area contributed by atoms with Crippen LogP contribution in [0, 0.1) is 0 Å². The van der Waals surface area contributed by atoms with Crippen LogP contribution in [0.4, 0.5) is 16.4 Å². The van der Waals surface area contributed by atoms with Gasteiger partial charge in [0.2, 0.25) is 0 Å². The van der Waals surface area contributed by atoms with Gasteiger partial charge < -0.3 is 30.9 Å². The molecule has 198 valence electrons. The maximum Gasteiger partial charge on any atom is 0.410 e. The number of pyridine rings is 2. The van der Waals surface area contributed by atoms with Crippen molar-refractivity contribution in [2.45, 2.75) is 33.3 Å². The molecule has 3 rings (SSSR count). The third-order valence-electron chi connectivity index (χ3n) is 5.37. The number of aliphatic imine (C=N–C) groups is 1. The smallest absolute Gasteiger partial charge is 0.410 e. The van der Waals surface area contributed by atoms with Gasteiger partial charge in [-0.3, -0.25) is 4.79 Å². The SMILES string of the molecule is CCNC(=O)c1cc(-c2ccnc(N=C(N)/C=C\NC)c2)nc(N2CCN(C(=O)OC(C)(C)C)CC2)c1. The summed E-state index contributed by atoms with van der Waals surface area (Å²) in [7, 11) is 1.77. The van der Waals surface area contributed by atoms with Gasteiger partial charge in [0, 0.05) is 57.1 Å². The van der Waals surface area contributed by atoms with Crippen LogP contribution in [0.15, 0.2) is 47.7 Å². The average Bonchev–Trinajstić information content (AvgIpc) is 2.86. The van der Waals surface area contributed by atoms with Gasteiger partial charge in [-0.25, -0.2) is 19.8 Å². The Morgan fingerprint density at radius 3 is 2.57 bits per heavy atom. The Bertz CT molecular complexity index is 1160. The number of hydrogen-bond acceptors (Lipinski definition) is 8. The van der Waals surface area contributed by atoms with Crippen LogP contribution in [-0.2, 0) is 4.74 Å². The molecule has 2 aromatic rings. The molecule has 11 nitrogen and oxygen atoms in total. The summed E-state index contributed by atoms with van der Waals surface area (Å²) in [6.07, 6.45) is 4.61. The number of nitrogens with two attached hydrogens (primary N) is 1. The molecule has 4 N–H and O–H groups in total. The number of piperazine rings is 1. The molecule has 0 saturated carbocycles. The van der Waals surface area contributed by atoms with Crippen molar-refractivity contribution in [2.24, 2.45) is 10.7 Å². The number of aromatic nitrogens is 2. The van der Waals surface area contributed by atoms with Gasteiger partial charge in [-0.1, -0.05) is 0 Å². The van der Waals surface area contributed by atoms with E-state index in [1.165, 1.54) is 0 Å². The van der Waals surface area contributed by atoms with Gasteiger partial charge in [-0.2, -0.15) is 0 Å². The van der Waals surface area contributed by atoms with Crippen LogP contribution in [0.2, 0.25) is 0 Å². The molecule has 1 saturated heterocycles. The molecule has 0 unspecified atom stereocenters. The molecule has 0 aliphatic carbocycles. The summed E-state index contributed by atoms with van der Waals surface area (Å²) >= 11 is 0. The third kappa shape index (κ3) is 7.92. The van der Waals surface area contributed by atoms with Gasteiger partial charge in [-0.05, 0) is 64.2 Å². The quantitative estimate of drug-likeness (QED) is 0.383. The van der Waals surface area contributed by atoms with Crippen molar-refractivity contribution < 1.29 is 14.3 Å². The Kier molecular flexibility index (Phi) is 9.05. The molecule has 11 heteroatoms. The molecule has 3 heterocycles. The van der Waals surface area contributed by atoms with Crippen molar-refractivity contribution in [3.05, 3.63) is 48.3 Å². The Hall–Kier alpha value is -4.15. The molecule has 0 aromatic carbocycles. The van der Waals surface area contributed by atoms with Crippen molar-refractivity contribution in [3.63, 3.8) is 0 Å². The number of nitrogens with one attached hydrogen (secondary N) is 2. The minimum Gasteiger partial charge on any atom is -0.444 e. The van der Waals surface area contributed by atoms with Crippen LogP contribution >= 0.6 is 0 Å². The molecule has 1 aliphatic heterocycles. The Morgan fingerprint density at radius 1 is 1.19 bits per heavy atom. The van der Waals surface area contributed by atoms with E-state index in [0.29, 0.717) is 61.5 Å². The van der Waals surface area contributed by atoms with E-state index < -0.39 is 5.60 Å². The highest BCUT2D eigenvalue weighted by atomic mass is 16.6. The van der Waals surface area contributed by atoms with Crippen LogP contribution in [-0.4, -0.2) is 78.1 Å². The molecular formula is C26H36N8O3. The fourth-order valence-corrected chi connectivity index (χ4v) is 3.64. The minimum absolute atomic E-state index is 0.187. The third-order valence-corrected chi connectivity index (χ3v) is 5.37. The maximum absolute atomic E-state index is 12.8. The van der Waals surface area contributed by atoms with Crippen LogP contribution in [0.5, 0.6) is 0 Å². The van der Waals surface area contributed by atoms with E-state index in [1.54, 1.807) is 48.6 Å². The highest BCUT2D eigenvalue weighted by Gasteiger charge is 2.27. The first-order chi connectivity index (χ1) is 17.6. The lowest BCUT2D eigenvalue weighted by Crippen LogP contribution is -2.50. The van der Waals surface area contributed by atoms with Crippen molar-refractivity contribution >= 4 is 29.5 Å². The summed E-state index contributed by atoms with van der Waals surface area (Å²) in [5.74, 6) is 1.19. The molecule has 2 amide bonds. The van der Waals surface area contributed by atoms with E-state index in [0.717, 1.165) is 5.56 Å². The summed E-state index contributed by atoms with van der Waals surface area (Å²) in [5, 5.41) is 5.71. The first-order valence-electron chi connectivity index (χ1n) is 12.3. The topological polar surface area (TPSA) is 138 Å². The van der Waals surface area contributed by atoms with Gasteiger partial charge in [0.15, 0.2) is 5.82 Å². The monoisotopic (exact) mass is 508 g/mol. The summed E-state index contributed by atoms with van der Waals surface area (Å²) in [5.41, 5.74) is 7.24. The van der Waals surface area contributed by atoms with Crippen molar-refractivity contribution in [1.82, 2.24) is 25.5 Å². The standard InChI is InChI=1S/C26H36N8O3/c1-6-29-24(35)19-15-20(18-7-10-30-22(16-18)32-21(27)8-9-28-5)31-23(17-19)33-11-13-34(14-12-33)25(36)37-26(2,3)4/h7-10,15-17,28H,6,11-14H2,1-5H3,(H,29,35)(H2,27,30,32)/b9-8-. The van der Waals surface area contributed by atoms with Crippen LogP contribution < -0.4 is 21.3 Å². The number of ether oxygens (including phenoxy) is 1. The summed E-state index contributed by atoms with van der Waals surface area (Å²) in [6, 6.07) is 7.11. The lowest BCUT2D eigenvalue weighted by atomic mass is 10.1. The second kappa shape index (κ2) is 12.2. The first kappa shape index (κ1) is 27.4. The molecule has 1 aliphatic rings. The second-order valence-corrected chi connectivity index (χ2v) is 9.47. The zero-order valence-electron chi connectivity index (χ0n) is 22.1. The zero-order valence-corrected chi connectivity index (χ0v) is 22.1. The van der Waals surface area contributed by atoms with Crippen LogP contribution in [0.1, 0.15) is 38.1 Å². The number of hydrogen-bond donors (Lipinski definition) is 3. The number of carbonyl (C=O) groups excluding carboxylic acids is 2. The van der Waals surface area contributed by atoms with E-state index in [4.69, 9.17) is 15.5 Å². The van der Waals surface area contributed by atoms with E-state index in [1.807, 2.05) is 33.8 Å². The number of amides is 2. The molecular weight excluding hydrogens is 472 g/mol. The highest BCUT2D eigenvalue weighted by Crippen LogP contribution is 2.26. The van der Waals surface area contributed by atoms with Crippen molar-refractivity contribution in [1.29, 1.82) is 0 Å². The predicted octanol–water partition coefficient (Wildman–Crippen LogP) is 2.67. The van der Waals surface area contributed by atoms with E-state index in [-0.39, 0.29) is 12.0 Å². The molecule has 2 aromatic heterocycles. The van der Waals surface area contributed by atoms with Gasteiger partial charge >= 0.3 is 6.09 Å². The number of rotatable bonds is 7. The zero-order chi connectivity index (χ0) is 27.0. The van der Waals surface area contributed by atoms with E-state index in [9.17, 15) is 9.59 Å². The molecule has 0 radical (unpaired) electrons. The minimum atomic E-state index is -0.549. The van der Waals surface area contributed by atoms with Gasteiger partial charge in [0.1, 0.15) is 17.3 Å². The lowest BCUT2D eigenvalue weighted by Gasteiger charge is -2.36. The van der Waals surface area contributed by atoms with E-state index in [2.05, 4.69) is 25.5 Å². The maximum atomic E-state index is 12.8. The van der Waals surface area contributed by atoms with Gasteiger partial charge in [-0.15, -0.1) is 0 Å². The summed E-state index contributed by atoms with van der Waals surface area (Å²) in [6.45, 7) is 10.0. The molecule has 0 atom stereocenters. The van der Waals surface area contributed by atoms with E-state index >= 15 is 0 Å². The fourth-order valence-electron chi connectivity index (χ4n) is 3.64. The van der Waals surface area contributed by atoms with Gasteiger partial charge in [0.25, 0.3) is 5.91 Å². The van der Waals surface area contributed by atoms with Gasteiger partial charge in [0.05, 0.1) is 5.69 Å². The van der Waals surface area contributed by atoms with Crippen molar-refractivity contribution in [2.75, 3.05) is 44.7 Å². The average molecular weight is 509 g/mol. The Morgan fingerprint density at radius 2 is 1.92 bits per heavy atom. The largest absolute Gasteiger partial charge is 0.444 e. The molecule has 37 heavy (non-hydrogen) atoms.